The van der Waals surface area contributed by atoms with Gasteiger partial charge in [0, 0.05) is 26.4 Å². The molecule has 0 saturated carbocycles. The van der Waals surface area contributed by atoms with Gasteiger partial charge in [-0.2, -0.15) is 0 Å². The van der Waals surface area contributed by atoms with Crippen molar-refractivity contribution in [2.24, 2.45) is 4.99 Å². The van der Waals surface area contributed by atoms with Crippen molar-refractivity contribution in [3.05, 3.63) is 0 Å². The van der Waals surface area contributed by atoms with Crippen LogP contribution < -0.4 is 16.0 Å². The minimum atomic E-state index is -2.96. The van der Waals surface area contributed by atoms with Crippen LogP contribution in [0.4, 0.5) is 4.79 Å². The van der Waals surface area contributed by atoms with Gasteiger partial charge in [-0.3, -0.25) is 4.99 Å². The molecule has 0 rings (SSSR count). The third-order valence-electron chi connectivity index (χ3n) is 3.92. The summed E-state index contributed by atoms with van der Waals surface area (Å²) in [5.41, 5.74) is -1.02. The van der Waals surface area contributed by atoms with Crippen molar-refractivity contribution in [3.63, 3.8) is 0 Å². The minimum absolute atomic E-state index is 0.130. The summed E-state index contributed by atoms with van der Waals surface area (Å²) in [5, 5.41) is 9.25. The number of carbonyl (C=O) groups is 1. The lowest BCUT2D eigenvalue weighted by Gasteiger charge is -2.34. The lowest BCUT2D eigenvalue weighted by atomic mass is 9.93. The van der Waals surface area contributed by atoms with Crippen molar-refractivity contribution in [2.45, 2.75) is 65.0 Å². The molecular formula is C17H36N4O4S. The first kappa shape index (κ1) is 24.5. The van der Waals surface area contributed by atoms with Gasteiger partial charge in [-0.15, -0.1) is 0 Å². The number of nitrogens with zero attached hydrogens (tertiary/aromatic N) is 1. The summed E-state index contributed by atoms with van der Waals surface area (Å²) in [4.78, 5) is 16.3. The molecule has 0 unspecified atom stereocenters. The summed E-state index contributed by atoms with van der Waals surface area (Å²) in [7, 11) is -1.32. The molecule has 0 fully saturated rings. The number of rotatable bonds is 9. The molecule has 8 nitrogen and oxygen atoms in total. The van der Waals surface area contributed by atoms with Crippen molar-refractivity contribution < 1.29 is 17.9 Å². The second-order valence-electron chi connectivity index (χ2n) is 7.45. The summed E-state index contributed by atoms with van der Waals surface area (Å²) in [6, 6.07) is 0. The van der Waals surface area contributed by atoms with Crippen molar-refractivity contribution in [1.29, 1.82) is 0 Å². The molecule has 0 aliphatic rings. The molecule has 1 amide bonds. The standard InChI is InChI=1S/C17H36N4O4S/c1-8-17(9-2,21-15(22)25-16(3,4)5)13-20-14(18-6)19-11-10-12-26(7,23)24/h8-13H2,1-7H3,(H,21,22)(H2,18,19,20). The van der Waals surface area contributed by atoms with E-state index in [0.29, 0.717) is 25.5 Å². The highest BCUT2D eigenvalue weighted by Crippen LogP contribution is 2.16. The van der Waals surface area contributed by atoms with E-state index in [2.05, 4.69) is 20.9 Å². The maximum Gasteiger partial charge on any atom is 0.408 e. The van der Waals surface area contributed by atoms with E-state index < -0.39 is 27.1 Å². The highest BCUT2D eigenvalue weighted by Gasteiger charge is 2.30. The van der Waals surface area contributed by atoms with Crippen LogP contribution in [0.2, 0.25) is 0 Å². The quantitative estimate of drug-likeness (QED) is 0.313. The molecule has 0 aliphatic carbocycles. The van der Waals surface area contributed by atoms with Gasteiger partial charge in [-0.1, -0.05) is 13.8 Å². The Labute approximate surface area is 158 Å². The zero-order valence-electron chi connectivity index (χ0n) is 17.2. The molecule has 0 aliphatic heterocycles. The van der Waals surface area contributed by atoms with E-state index in [1.165, 1.54) is 6.26 Å². The fourth-order valence-electron chi connectivity index (χ4n) is 2.26. The monoisotopic (exact) mass is 392 g/mol. The van der Waals surface area contributed by atoms with Gasteiger partial charge in [-0.25, -0.2) is 13.2 Å². The number of aliphatic imine (C=N–C) groups is 1. The van der Waals surface area contributed by atoms with Gasteiger partial charge in [0.1, 0.15) is 15.4 Å². The number of amides is 1. The molecule has 0 radical (unpaired) electrons. The van der Waals surface area contributed by atoms with Crippen LogP contribution in [0.1, 0.15) is 53.9 Å². The lowest BCUT2D eigenvalue weighted by molar-refractivity contribution is 0.0448. The van der Waals surface area contributed by atoms with Crippen molar-refractivity contribution in [2.75, 3.05) is 32.1 Å². The Kier molecular flexibility index (Phi) is 9.98. The molecule has 9 heteroatoms. The number of alkyl carbamates (subject to hydrolysis) is 1. The van der Waals surface area contributed by atoms with Crippen molar-refractivity contribution in [3.8, 4) is 0 Å². The number of hydrogen-bond acceptors (Lipinski definition) is 5. The Hall–Kier alpha value is -1.51. The average molecular weight is 393 g/mol. The molecule has 0 aromatic rings. The summed E-state index contributed by atoms with van der Waals surface area (Å²) < 4.78 is 27.7. The normalized spacial score (nSPS) is 13.3. The number of nitrogens with one attached hydrogen (secondary N) is 3. The highest BCUT2D eigenvalue weighted by atomic mass is 32.2. The largest absolute Gasteiger partial charge is 0.444 e. The minimum Gasteiger partial charge on any atom is -0.444 e. The summed E-state index contributed by atoms with van der Waals surface area (Å²) in [5.74, 6) is 0.696. The lowest BCUT2D eigenvalue weighted by Crippen LogP contribution is -2.57. The first-order chi connectivity index (χ1) is 11.9. The van der Waals surface area contributed by atoms with E-state index in [1.807, 2.05) is 34.6 Å². The van der Waals surface area contributed by atoms with E-state index in [-0.39, 0.29) is 5.75 Å². The Balaban J connectivity index is 4.66. The van der Waals surface area contributed by atoms with Gasteiger partial charge in [0.05, 0.1) is 11.3 Å². The van der Waals surface area contributed by atoms with E-state index in [0.717, 1.165) is 12.8 Å². The summed E-state index contributed by atoms with van der Waals surface area (Å²) in [6.45, 7) is 10.5. The maximum atomic E-state index is 12.1. The van der Waals surface area contributed by atoms with Gasteiger partial charge in [-0.05, 0) is 40.0 Å². The van der Waals surface area contributed by atoms with E-state index >= 15 is 0 Å². The van der Waals surface area contributed by atoms with E-state index in [9.17, 15) is 13.2 Å². The molecule has 0 saturated heterocycles. The number of guanidine groups is 1. The van der Waals surface area contributed by atoms with Crippen molar-refractivity contribution >= 4 is 21.9 Å². The van der Waals surface area contributed by atoms with Crippen LogP contribution in [-0.2, 0) is 14.6 Å². The predicted molar refractivity (Wildman–Crippen MR) is 106 cm³/mol. The first-order valence-corrected chi connectivity index (χ1v) is 11.1. The number of hydrogen-bond donors (Lipinski definition) is 3. The van der Waals surface area contributed by atoms with Gasteiger partial charge in [0.25, 0.3) is 0 Å². The molecule has 0 atom stereocenters. The van der Waals surface area contributed by atoms with Crippen LogP contribution in [-0.4, -0.2) is 63.8 Å². The molecule has 154 valence electrons. The van der Waals surface area contributed by atoms with Crippen molar-refractivity contribution in [1.82, 2.24) is 16.0 Å². The summed E-state index contributed by atoms with van der Waals surface area (Å²) >= 11 is 0. The predicted octanol–water partition coefficient (Wildman–Crippen LogP) is 1.67. The molecule has 26 heavy (non-hydrogen) atoms. The molecule has 0 aromatic carbocycles. The SMILES string of the molecule is CCC(CC)(CNC(=NC)NCCCS(C)(=O)=O)NC(=O)OC(C)(C)C. The molecule has 0 spiro atoms. The van der Waals surface area contributed by atoms with Crippen LogP contribution in [0.3, 0.4) is 0 Å². The summed E-state index contributed by atoms with van der Waals surface area (Å²) in [6.07, 6.45) is 2.72. The van der Waals surface area contributed by atoms with Crippen LogP contribution in [0.5, 0.6) is 0 Å². The Bertz CT molecular complexity index is 564. The second kappa shape index (κ2) is 10.6. The zero-order valence-corrected chi connectivity index (χ0v) is 18.0. The van der Waals surface area contributed by atoms with E-state index in [4.69, 9.17) is 4.74 Å². The molecule has 3 N–H and O–H groups in total. The Morgan fingerprint density at radius 1 is 1.12 bits per heavy atom. The van der Waals surface area contributed by atoms with Gasteiger partial charge in [0.2, 0.25) is 0 Å². The number of carbonyl (C=O) groups excluding carboxylic acids is 1. The number of ether oxygens (including phenoxy) is 1. The van der Waals surface area contributed by atoms with Crippen LogP contribution in [0.15, 0.2) is 4.99 Å². The smallest absolute Gasteiger partial charge is 0.408 e. The topological polar surface area (TPSA) is 109 Å². The zero-order chi connectivity index (χ0) is 20.4. The first-order valence-electron chi connectivity index (χ1n) is 9.00. The maximum absolute atomic E-state index is 12.1. The van der Waals surface area contributed by atoms with Crippen LogP contribution in [0, 0.1) is 0 Å². The Morgan fingerprint density at radius 3 is 2.12 bits per heavy atom. The van der Waals surface area contributed by atoms with Gasteiger partial charge >= 0.3 is 6.09 Å². The second-order valence-corrected chi connectivity index (χ2v) is 9.71. The van der Waals surface area contributed by atoms with E-state index in [1.54, 1.807) is 7.05 Å². The van der Waals surface area contributed by atoms with Gasteiger partial charge in [0.15, 0.2) is 5.96 Å². The fourth-order valence-corrected chi connectivity index (χ4v) is 2.92. The van der Waals surface area contributed by atoms with Crippen LogP contribution in [0.25, 0.3) is 0 Å². The molecule has 0 heterocycles. The third-order valence-corrected chi connectivity index (χ3v) is 4.95. The highest BCUT2D eigenvalue weighted by molar-refractivity contribution is 7.90. The third kappa shape index (κ3) is 11.2. The Morgan fingerprint density at radius 2 is 1.69 bits per heavy atom. The van der Waals surface area contributed by atoms with Gasteiger partial charge < -0.3 is 20.7 Å². The molecule has 0 aromatic heterocycles. The molecule has 0 bridgehead atoms. The average Bonchev–Trinajstić information content (AvgIpc) is 2.50. The number of sulfone groups is 1. The fraction of sp³-hybridized carbons (Fsp3) is 0.882. The van der Waals surface area contributed by atoms with Crippen LogP contribution >= 0.6 is 0 Å². The molecular weight excluding hydrogens is 356 g/mol.